The Kier molecular flexibility index (Phi) is 6.16. The molecule has 144 valence electrons. The lowest BCUT2D eigenvalue weighted by molar-refractivity contribution is -0.141. The van der Waals surface area contributed by atoms with E-state index in [1.165, 1.54) is 31.7 Å². The number of amides is 1. The van der Waals surface area contributed by atoms with Crippen molar-refractivity contribution in [3.63, 3.8) is 0 Å². The summed E-state index contributed by atoms with van der Waals surface area (Å²) in [5, 5.41) is 3.05. The van der Waals surface area contributed by atoms with Crippen molar-refractivity contribution in [3.05, 3.63) is 29.6 Å². The minimum Gasteiger partial charge on any atom is -0.349 e. The van der Waals surface area contributed by atoms with Crippen LogP contribution in [0.2, 0.25) is 0 Å². The predicted octanol–water partition coefficient (Wildman–Crippen LogP) is 3.87. The lowest BCUT2D eigenvalue weighted by Gasteiger charge is -2.37. The first-order valence-electron chi connectivity index (χ1n) is 9.50. The van der Waals surface area contributed by atoms with E-state index in [4.69, 9.17) is 0 Å². The number of likely N-dealkylation sites (tertiary alicyclic amines) is 1. The van der Waals surface area contributed by atoms with Gasteiger partial charge in [-0.25, -0.2) is 0 Å². The van der Waals surface area contributed by atoms with Crippen LogP contribution >= 0.6 is 0 Å². The van der Waals surface area contributed by atoms with Crippen molar-refractivity contribution in [2.45, 2.75) is 57.2 Å². The van der Waals surface area contributed by atoms with Crippen LogP contribution in [0.1, 0.15) is 61.0 Å². The van der Waals surface area contributed by atoms with Crippen molar-refractivity contribution in [3.8, 4) is 0 Å². The van der Waals surface area contributed by atoms with Gasteiger partial charge in [0.1, 0.15) is 5.69 Å². The van der Waals surface area contributed by atoms with Gasteiger partial charge in [-0.15, -0.1) is 0 Å². The fraction of sp³-hybridized carbons (Fsp3) is 0.684. The third kappa shape index (κ3) is 4.96. The molecule has 1 aromatic heterocycles. The lowest BCUT2D eigenvalue weighted by atomic mass is 9.83. The molecule has 1 saturated carbocycles. The molecule has 0 spiro atoms. The Morgan fingerprint density at radius 2 is 1.85 bits per heavy atom. The summed E-state index contributed by atoms with van der Waals surface area (Å²) in [4.78, 5) is 18.3. The number of nitrogens with zero attached hydrogens (tertiary/aromatic N) is 2. The average Bonchev–Trinajstić information content (AvgIpc) is 2.63. The molecule has 1 amide bonds. The Labute approximate surface area is 152 Å². The molecular weight excluding hydrogens is 343 g/mol. The van der Waals surface area contributed by atoms with Gasteiger partial charge in [-0.1, -0.05) is 19.3 Å². The number of carbonyl (C=O) groups is 1. The summed E-state index contributed by atoms with van der Waals surface area (Å²) in [7, 11) is 0. The molecule has 0 radical (unpaired) electrons. The second-order valence-electron chi connectivity index (χ2n) is 7.42. The van der Waals surface area contributed by atoms with Crippen LogP contribution in [0, 0.1) is 5.92 Å². The zero-order valence-corrected chi connectivity index (χ0v) is 14.9. The molecule has 26 heavy (non-hydrogen) atoms. The number of halogens is 3. The van der Waals surface area contributed by atoms with E-state index in [0.29, 0.717) is 5.92 Å². The molecule has 1 aliphatic heterocycles. The molecule has 7 heteroatoms. The zero-order chi connectivity index (χ0) is 18.6. The summed E-state index contributed by atoms with van der Waals surface area (Å²) in [6.45, 7) is 3.25. The number of alkyl halides is 3. The molecule has 0 unspecified atom stereocenters. The fourth-order valence-corrected chi connectivity index (χ4v) is 4.04. The number of hydrogen-bond acceptors (Lipinski definition) is 3. The highest BCUT2D eigenvalue weighted by Crippen LogP contribution is 2.28. The van der Waals surface area contributed by atoms with E-state index >= 15 is 0 Å². The van der Waals surface area contributed by atoms with E-state index in [-0.39, 0.29) is 17.5 Å². The van der Waals surface area contributed by atoms with Crippen molar-refractivity contribution in [1.82, 2.24) is 15.2 Å². The van der Waals surface area contributed by atoms with E-state index in [0.717, 1.165) is 51.2 Å². The quantitative estimate of drug-likeness (QED) is 0.876. The van der Waals surface area contributed by atoms with E-state index in [9.17, 15) is 18.0 Å². The summed E-state index contributed by atoms with van der Waals surface area (Å²) in [5.74, 6) is 0.0787. The Hall–Kier alpha value is -1.63. The van der Waals surface area contributed by atoms with Crippen molar-refractivity contribution in [2.75, 3.05) is 19.6 Å². The van der Waals surface area contributed by atoms with Crippen LogP contribution in [0.4, 0.5) is 13.2 Å². The maximum absolute atomic E-state index is 12.6. The number of hydrogen-bond donors (Lipinski definition) is 1. The van der Waals surface area contributed by atoms with Gasteiger partial charge in [0.05, 0.1) is 5.56 Å². The molecule has 2 heterocycles. The third-order valence-corrected chi connectivity index (χ3v) is 5.48. The van der Waals surface area contributed by atoms with Crippen molar-refractivity contribution < 1.29 is 18.0 Å². The minimum atomic E-state index is -4.49. The fourth-order valence-electron chi connectivity index (χ4n) is 4.04. The van der Waals surface area contributed by atoms with Crippen molar-refractivity contribution >= 4 is 5.91 Å². The summed E-state index contributed by atoms with van der Waals surface area (Å²) >= 11 is 0. The number of rotatable bonds is 4. The Morgan fingerprint density at radius 1 is 1.12 bits per heavy atom. The number of carbonyl (C=O) groups excluding carboxylic acids is 1. The van der Waals surface area contributed by atoms with Gasteiger partial charge in [-0.3, -0.25) is 9.78 Å². The highest BCUT2D eigenvalue weighted by atomic mass is 19.4. The highest BCUT2D eigenvalue weighted by molar-refractivity contribution is 5.94. The first-order chi connectivity index (χ1) is 12.4. The van der Waals surface area contributed by atoms with Crippen LogP contribution in [0.15, 0.2) is 18.3 Å². The van der Waals surface area contributed by atoms with Crippen molar-refractivity contribution in [1.29, 1.82) is 0 Å². The molecule has 1 aromatic rings. The average molecular weight is 369 g/mol. The minimum absolute atomic E-state index is 0.0838. The number of aromatic nitrogens is 1. The van der Waals surface area contributed by atoms with E-state index in [2.05, 4.69) is 15.2 Å². The van der Waals surface area contributed by atoms with Gasteiger partial charge in [-0.2, -0.15) is 13.2 Å². The second kappa shape index (κ2) is 8.37. The predicted molar refractivity (Wildman–Crippen MR) is 92.7 cm³/mol. The standard InChI is InChI=1S/C19H26F3N3O/c20-19(21,22)17-9-8-14(12-23-17)18(26)24-16-7-3-2-6-15(16)13-25-10-4-1-5-11-25/h8-9,12,15-16H,1-7,10-11,13H2,(H,24,26)/t15-,16+/m0/s1. The van der Waals surface area contributed by atoms with E-state index in [1.807, 2.05) is 0 Å². The van der Waals surface area contributed by atoms with Gasteiger partial charge < -0.3 is 10.2 Å². The zero-order valence-electron chi connectivity index (χ0n) is 14.9. The largest absolute Gasteiger partial charge is 0.433 e. The normalized spacial score (nSPS) is 25.0. The van der Waals surface area contributed by atoms with Gasteiger partial charge in [0.15, 0.2) is 0 Å². The van der Waals surface area contributed by atoms with Gasteiger partial charge in [0.25, 0.3) is 5.91 Å². The molecule has 4 nitrogen and oxygen atoms in total. The summed E-state index contributed by atoms with van der Waals surface area (Å²) in [5.41, 5.74) is -0.796. The van der Waals surface area contributed by atoms with Crippen LogP contribution in [0.25, 0.3) is 0 Å². The molecule has 0 bridgehead atoms. The van der Waals surface area contributed by atoms with E-state index in [1.54, 1.807) is 0 Å². The van der Waals surface area contributed by atoms with Crippen LogP contribution in [0.5, 0.6) is 0 Å². The van der Waals surface area contributed by atoms with Crippen LogP contribution < -0.4 is 5.32 Å². The van der Waals surface area contributed by atoms with Crippen molar-refractivity contribution in [2.24, 2.45) is 5.92 Å². The second-order valence-corrected chi connectivity index (χ2v) is 7.42. The van der Waals surface area contributed by atoms with Gasteiger partial charge >= 0.3 is 6.18 Å². The Bertz CT molecular complexity index is 597. The molecule has 3 rings (SSSR count). The third-order valence-electron chi connectivity index (χ3n) is 5.48. The molecule has 1 saturated heterocycles. The van der Waals surface area contributed by atoms with Crippen LogP contribution in [-0.2, 0) is 6.18 Å². The van der Waals surface area contributed by atoms with Gasteiger partial charge in [-0.05, 0) is 56.8 Å². The Balaban J connectivity index is 1.60. The number of nitrogens with one attached hydrogen (secondary N) is 1. The van der Waals surface area contributed by atoms with Crippen LogP contribution in [-0.4, -0.2) is 41.5 Å². The smallest absolute Gasteiger partial charge is 0.349 e. The first-order valence-corrected chi connectivity index (χ1v) is 9.50. The number of piperidine rings is 1. The lowest BCUT2D eigenvalue weighted by Crippen LogP contribution is -2.47. The first kappa shape index (κ1) is 19.1. The van der Waals surface area contributed by atoms with Crippen LogP contribution in [0.3, 0.4) is 0 Å². The molecule has 1 aliphatic carbocycles. The summed E-state index contributed by atoms with van der Waals surface area (Å²) < 4.78 is 37.8. The molecule has 2 atom stereocenters. The molecular formula is C19H26F3N3O. The molecule has 0 aromatic carbocycles. The number of pyridine rings is 1. The highest BCUT2D eigenvalue weighted by Gasteiger charge is 2.33. The summed E-state index contributed by atoms with van der Waals surface area (Å²) in [6.07, 6.45) is 4.56. The molecule has 2 fully saturated rings. The maximum atomic E-state index is 12.6. The SMILES string of the molecule is O=C(N[C@@H]1CCCC[C@H]1CN1CCCCC1)c1ccc(C(F)(F)F)nc1. The topological polar surface area (TPSA) is 45.2 Å². The van der Waals surface area contributed by atoms with E-state index < -0.39 is 11.9 Å². The summed E-state index contributed by atoms with van der Waals surface area (Å²) in [6, 6.07) is 2.15. The molecule has 2 aliphatic rings. The van der Waals surface area contributed by atoms with Gasteiger partial charge in [0.2, 0.25) is 0 Å². The Morgan fingerprint density at radius 3 is 2.50 bits per heavy atom. The monoisotopic (exact) mass is 369 g/mol. The maximum Gasteiger partial charge on any atom is 0.433 e. The van der Waals surface area contributed by atoms with Gasteiger partial charge in [0, 0.05) is 18.8 Å². The molecule has 1 N–H and O–H groups in total.